The third-order valence-corrected chi connectivity index (χ3v) is 3.82. The number of pyridine rings is 1. The number of aliphatic carboxylic acids is 1. The van der Waals surface area contributed by atoms with E-state index in [-0.39, 0.29) is 18.2 Å². The first-order valence-corrected chi connectivity index (χ1v) is 6.76. The van der Waals surface area contributed by atoms with Crippen LogP contribution in [0, 0.1) is 12.8 Å². The predicted molar refractivity (Wildman–Crippen MR) is 74.9 cm³/mol. The van der Waals surface area contributed by atoms with Crippen LogP contribution in [-0.4, -0.2) is 49.7 Å². The van der Waals surface area contributed by atoms with Gasteiger partial charge < -0.3 is 10.0 Å². The van der Waals surface area contributed by atoms with E-state index in [4.69, 9.17) is 5.11 Å². The first-order chi connectivity index (χ1) is 9.95. The van der Waals surface area contributed by atoms with Crippen LogP contribution in [0.1, 0.15) is 22.5 Å². The van der Waals surface area contributed by atoms with E-state index in [1.54, 1.807) is 21.8 Å². The van der Waals surface area contributed by atoms with E-state index < -0.39 is 5.97 Å². The van der Waals surface area contributed by atoms with Crippen molar-refractivity contribution in [1.29, 1.82) is 0 Å². The maximum Gasteiger partial charge on any atom is 0.303 e. The van der Waals surface area contributed by atoms with E-state index in [1.165, 1.54) is 0 Å². The van der Waals surface area contributed by atoms with Gasteiger partial charge in [0, 0.05) is 37.6 Å². The van der Waals surface area contributed by atoms with Crippen molar-refractivity contribution in [2.45, 2.75) is 13.3 Å². The van der Waals surface area contributed by atoms with Gasteiger partial charge in [0.25, 0.3) is 5.91 Å². The maximum atomic E-state index is 12.3. The lowest BCUT2D eigenvalue weighted by Crippen LogP contribution is -2.50. The van der Waals surface area contributed by atoms with Crippen LogP contribution in [0.5, 0.6) is 0 Å². The number of aryl methyl sites for hydroxylation is 2. The number of amides is 1. The second-order valence-electron chi connectivity index (χ2n) is 5.48. The molecule has 3 heterocycles. The average molecular weight is 288 g/mol. The normalized spacial score (nSPS) is 15.2. The Morgan fingerprint density at radius 2 is 2.14 bits per heavy atom. The van der Waals surface area contributed by atoms with Gasteiger partial charge in [-0.25, -0.2) is 4.98 Å². The second kappa shape index (κ2) is 4.83. The van der Waals surface area contributed by atoms with Gasteiger partial charge in [-0.05, 0) is 13.0 Å². The first kappa shape index (κ1) is 13.5. The van der Waals surface area contributed by atoms with Crippen molar-refractivity contribution < 1.29 is 14.7 Å². The molecule has 110 valence electrons. The van der Waals surface area contributed by atoms with Gasteiger partial charge in [0.15, 0.2) is 5.65 Å². The lowest BCUT2D eigenvalue weighted by Gasteiger charge is -2.38. The minimum Gasteiger partial charge on any atom is -0.481 e. The first-order valence-electron chi connectivity index (χ1n) is 6.76. The summed E-state index contributed by atoms with van der Waals surface area (Å²) < 4.78 is 1.69. The Bertz CT molecular complexity index is 731. The van der Waals surface area contributed by atoms with Crippen molar-refractivity contribution in [3.63, 3.8) is 0 Å². The lowest BCUT2D eigenvalue weighted by molar-refractivity contribution is -0.139. The van der Waals surface area contributed by atoms with Gasteiger partial charge in [-0.15, -0.1) is 0 Å². The molecule has 0 saturated carbocycles. The maximum absolute atomic E-state index is 12.3. The van der Waals surface area contributed by atoms with Crippen molar-refractivity contribution in [1.82, 2.24) is 19.7 Å². The number of carboxylic acid groups (broad SMARTS) is 1. The van der Waals surface area contributed by atoms with Gasteiger partial charge in [-0.2, -0.15) is 5.10 Å². The molecule has 1 amide bonds. The monoisotopic (exact) mass is 288 g/mol. The van der Waals surface area contributed by atoms with Crippen LogP contribution in [0.4, 0.5) is 0 Å². The van der Waals surface area contributed by atoms with Crippen molar-refractivity contribution in [2.24, 2.45) is 13.0 Å². The summed E-state index contributed by atoms with van der Waals surface area (Å²) >= 11 is 0. The Hall–Kier alpha value is -2.44. The van der Waals surface area contributed by atoms with Crippen molar-refractivity contribution in [3.05, 3.63) is 23.5 Å². The van der Waals surface area contributed by atoms with Gasteiger partial charge in [0.05, 0.1) is 17.7 Å². The van der Waals surface area contributed by atoms with Gasteiger partial charge >= 0.3 is 5.97 Å². The largest absolute Gasteiger partial charge is 0.481 e. The van der Waals surface area contributed by atoms with Crippen LogP contribution in [0.15, 0.2) is 12.3 Å². The predicted octanol–water partition coefficient (Wildman–Crippen LogP) is 0.823. The number of carboxylic acids is 1. The van der Waals surface area contributed by atoms with Crippen LogP contribution < -0.4 is 0 Å². The van der Waals surface area contributed by atoms with E-state index in [0.717, 1.165) is 16.7 Å². The molecule has 7 heteroatoms. The molecule has 1 saturated heterocycles. The number of aromatic nitrogens is 3. The van der Waals surface area contributed by atoms with E-state index in [0.29, 0.717) is 18.7 Å². The quantitative estimate of drug-likeness (QED) is 0.903. The molecule has 0 bridgehead atoms. The Labute approximate surface area is 121 Å². The molecule has 1 aliphatic heterocycles. The van der Waals surface area contributed by atoms with E-state index in [2.05, 4.69) is 10.1 Å². The molecule has 0 atom stereocenters. The number of rotatable bonds is 3. The van der Waals surface area contributed by atoms with Crippen LogP contribution in [0.3, 0.4) is 0 Å². The molecule has 1 aliphatic rings. The van der Waals surface area contributed by atoms with E-state index >= 15 is 0 Å². The molecule has 0 spiro atoms. The molecule has 0 aliphatic carbocycles. The van der Waals surface area contributed by atoms with Crippen molar-refractivity contribution >= 4 is 22.9 Å². The van der Waals surface area contributed by atoms with Gasteiger partial charge in [-0.1, -0.05) is 0 Å². The summed E-state index contributed by atoms with van der Waals surface area (Å²) in [5.74, 6) is -0.862. The highest BCUT2D eigenvalue weighted by Crippen LogP contribution is 2.23. The molecule has 1 N–H and O–H groups in total. The summed E-state index contributed by atoms with van der Waals surface area (Å²) in [6.45, 7) is 2.87. The van der Waals surface area contributed by atoms with Crippen LogP contribution in [0.2, 0.25) is 0 Å². The minimum absolute atomic E-state index is 0.0586. The standard InChI is InChI=1S/C14H16N4O3/c1-8-11-4-10(5-15-13(11)17(2)16-8)14(21)18-6-9(7-18)3-12(19)20/h4-5,9H,3,6-7H2,1-2H3,(H,19,20). The van der Waals surface area contributed by atoms with Gasteiger partial charge in [-0.3, -0.25) is 14.3 Å². The Morgan fingerprint density at radius 1 is 1.43 bits per heavy atom. The Balaban J connectivity index is 1.77. The summed E-state index contributed by atoms with van der Waals surface area (Å²) in [5, 5.41) is 13.9. The SMILES string of the molecule is Cc1nn(C)c2ncc(C(=O)N3CC(CC(=O)O)C3)cc12. The summed E-state index contributed by atoms with van der Waals surface area (Å²) in [7, 11) is 1.82. The number of fused-ring (bicyclic) bond motifs is 1. The molecule has 2 aromatic rings. The molecule has 0 aromatic carbocycles. The Kier molecular flexibility index (Phi) is 3.12. The number of hydrogen-bond acceptors (Lipinski definition) is 4. The molecule has 7 nitrogen and oxygen atoms in total. The Morgan fingerprint density at radius 3 is 2.81 bits per heavy atom. The summed E-state index contributed by atoms with van der Waals surface area (Å²) in [5.41, 5.74) is 2.10. The minimum atomic E-state index is -0.818. The highest BCUT2D eigenvalue weighted by Gasteiger charge is 2.32. The molecule has 21 heavy (non-hydrogen) atoms. The zero-order valence-electron chi connectivity index (χ0n) is 11.9. The number of hydrogen-bond donors (Lipinski definition) is 1. The number of nitrogens with zero attached hydrogens (tertiary/aromatic N) is 4. The number of likely N-dealkylation sites (tertiary alicyclic amines) is 1. The number of carbonyl (C=O) groups is 2. The topological polar surface area (TPSA) is 88.3 Å². The van der Waals surface area contributed by atoms with Crippen molar-refractivity contribution in [3.8, 4) is 0 Å². The molecule has 0 unspecified atom stereocenters. The highest BCUT2D eigenvalue weighted by atomic mass is 16.4. The summed E-state index contributed by atoms with van der Waals surface area (Å²) in [6.07, 6.45) is 1.67. The van der Waals surface area contributed by atoms with Crippen LogP contribution >= 0.6 is 0 Å². The van der Waals surface area contributed by atoms with Gasteiger partial charge in [0.2, 0.25) is 0 Å². The molecular weight excluding hydrogens is 272 g/mol. The fraction of sp³-hybridized carbons (Fsp3) is 0.429. The number of carbonyl (C=O) groups excluding carboxylic acids is 1. The lowest BCUT2D eigenvalue weighted by atomic mass is 9.95. The summed E-state index contributed by atoms with van der Waals surface area (Å²) in [6, 6.07) is 1.80. The van der Waals surface area contributed by atoms with Crippen LogP contribution in [-0.2, 0) is 11.8 Å². The van der Waals surface area contributed by atoms with Gasteiger partial charge in [0.1, 0.15) is 0 Å². The fourth-order valence-electron chi connectivity index (χ4n) is 2.72. The third kappa shape index (κ3) is 2.35. The highest BCUT2D eigenvalue weighted by molar-refractivity contribution is 5.97. The zero-order valence-corrected chi connectivity index (χ0v) is 11.9. The average Bonchev–Trinajstić information content (AvgIpc) is 2.67. The molecular formula is C14H16N4O3. The second-order valence-corrected chi connectivity index (χ2v) is 5.48. The smallest absolute Gasteiger partial charge is 0.303 e. The van der Waals surface area contributed by atoms with Crippen molar-refractivity contribution in [2.75, 3.05) is 13.1 Å². The van der Waals surface area contributed by atoms with E-state index in [9.17, 15) is 9.59 Å². The molecule has 0 radical (unpaired) electrons. The third-order valence-electron chi connectivity index (χ3n) is 3.82. The fourth-order valence-corrected chi connectivity index (χ4v) is 2.72. The van der Waals surface area contributed by atoms with Crippen LogP contribution in [0.25, 0.3) is 11.0 Å². The zero-order chi connectivity index (χ0) is 15.1. The molecule has 1 fully saturated rings. The van der Waals surface area contributed by atoms with E-state index in [1.807, 2.05) is 14.0 Å². The summed E-state index contributed by atoms with van der Waals surface area (Å²) in [4.78, 5) is 28.9. The molecule has 2 aromatic heterocycles. The molecule has 3 rings (SSSR count).